The van der Waals surface area contributed by atoms with Crippen LogP contribution in [0.5, 0.6) is 0 Å². The predicted octanol–water partition coefficient (Wildman–Crippen LogP) is 2.24. The maximum Gasteiger partial charge on any atom is 0.241 e. The molecule has 2 aliphatic rings. The van der Waals surface area contributed by atoms with Crippen molar-refractivity contribution < 1.29 is 9.53 Å². The van der Waals surface area contributed by atoms with Gasteiger partial charge in [0.25, 0.3) is 0 Å². The van der Waals surface area contributed by atoms with Crippen LogP contribution in [0.4, 0.5) is 0 Å². The Morgan fingerprint density at radius 1 is 1.29 bits per heavy atom. The molecule has 2 heterocycles. The highest BCUT2D eigenvalue weighted by molar-refractivity contribution is 5.85. The van der Waals surface area contributed by atoms with Crippen LogP contribution in [0.3, 0.4) is 0 Å². The molecule has 2 saturated heterocycles. The van der Waals surface area contributed by atoms with Gasteiger partial charge in [-0.25, -0.2) is 0 Å². The lowest BCUT2D eigenvalue weighted by atomic mass is 10.0. The van der Waals surface area contributed by atoms with Crippen LogP contribution in [0.15, 0.2) is 24.3 Å². The SMILES string of the molecule is Cc1ccc(C2NC(C(C)C)C(=O)N2C2CCOC2)cc1. The molecule has 0 radical (unpaired) electrons. The van der Waals surface area contributed by atoms with Gasteiger partial charge >= 0.3 is 0 Å². The van der Waals surface area contributed by atoms with E-state index >= 15 is 0 Å². The lowest BCUT2D eigenvalue weighted by Gasteiger charge is -2.29. The van der Waals surface area contributed by atoms with Crippen molar-refractivity contribution in [3.05, 3.63) is 35.4 Å². The smallest absolute Gasteiger partial charge is 0.241 e. The zero-order valence-electron chi connectivity index (χ0n) is 13.0. The number of hydrogen-bond acceptors (Lipinski definition) is 3. The molecule has 0 aliphatic carbocycles. The largest absolute Gasteiger partial charge is 0.379 e. The van der Waals surface area contributed by atoms with Gasteiger partial charge in [-0.05, 0) is 24.8 Å². The number of nitrogens with zero attached hydrogens (tertiary/aromatic N) is 1. The molecule has 21 heavy (non-hydrogen) atoms. The van der Waals surface area contributed by atoms with Crippen LogP contribution >= 0.6 is 0 Å². The normalized spacial score (nSPS) is 29.6. The third-order valence-electron chi connectivity index (χ3n) is 4.49. The number of aryl methyl sites for hydroxylation is 1. The molecule has 1 aromatic carbocycles. The van der Waals surface area contributed by atoms with E-state index in [4.69, 9.17) is 4.74 Å². The first-order chi connectivity index (χ1) is 10.1. The second kappa shape index (κ2) is 5.78. The number of amides is 1. The molecule has 2 aliphatic heterocycles. The van der Waals surface area contributed by atoms with E-state index in [0.717, 1.165) is 18.6 Å². The maximum atomic E-state index is 12.8. The molecule has 1 amide bonds. The minimum atomic E-state index is -0.100. The average Bonchev–Trinajstić information content (AvgIpc) is 3.06. The van der Waals surface area contributed by atoms with Crippen LogP contribution in [0.2, 0.25) is 0 Å². The van der Waals surface area contributed by atoms with Gasteiger partial charge in [-0.3, -0.25) is 10.1 Å². The standard InChI is InChI=1S/C17H24N2O2/c1-11(2)15-17(20)19(14-8-9-21-10-14)16(18-15)13-6-4-12(3)5-7-13/h4-7,11,14-16,18H,8-10H2,1-3H3. The van der Waals surface area contributed by atoms with Crippen molar-refractivity contribution in [2.24, 2.45) is 5.92 Å². The van der Waals surface area contributed by atoms with Crippen LogP contribution in [-0.2, 0) is 9.53 Å². The van der Waals surface area contributed by atoms with E-state index in [1.807, 2.05) is 4.90 Å². The molecule has 4 heteroatoms. The summed E-state index contributed by atoms with van der Waals surface area (Å²) in [6.45, 7) is 7.67. The first kappa shape index (κ1) is 14.5. The average molecular weight is 288 g/mol. The fourth-order valence-corrected chi connectivity index (χ4v) is 3.22. The van der Waals surface area contributed by atoms with E-state index in [-0.39, 0.29) is 30.1 Å². The summed E-state index contributed by atoms with van der Waals surface area (Å²) < 4.78 is 5.50. The summed E-state index contributed by atoms with van der Waals surface area (Å²) in [6, 6.07) is 8.54. The fraction of sp³-hybridized carbons (Fsp3) is 0.588. The Balaban J connectivity index is 1.91. The van der Waals surface area contributed by atoms with Crippen LogP contribution < -0.4 is 5.32 Å². The van der Waals surface area contributed by atoms with Crippen LogP contribution in [0.1, 0.15) is 37.6 Å². The van der Waals surface area contributed by atoms with E-state index in [2.05, 4.69) is 50.4 Å². The molecule has 1 aromatic rings. The topological polar surface area (TPSA) is 41.6 Å². The highest BCUT2D eigenvalue weighted by atomic mass is 16.5. The molecule has 0 bridgehead atoms. The van der Waals surface area contributed by atoms with Gasteiger partial charge in [0.1, 0.15) is 6.17 Å². The highest BCUT2D eigenvalue weighted by Gasteiger charge is 2.45. The van der Waals surface area contributed by atoms with Crippen molar-refractivity contribution in [3.8, 4) is 0 Å². The molecule has 0 aromatic heterocycles. The van der Waals surface area contributed by atoms with Crippen molar-refractivity contribution in [1.82, 2.24) is 10.2 Å². The maximum absolute atomic E-state index is 12.8. The number of hydrogen-bond donors (Lipinski definition) is 1. The molecular formula is C17H24N2O2. The van der Waals surface area contributed by atoms with E-state index in [9.17, 15) is 4.79 Å². The quantitative estimate of drug-likeness (QED) is 0.927. The number of nitrogens with one attached hydrogen (secondary N) is 1. The van der Waals surface area contributed by atoms with Crippen LogP contribution in [0.25, 0.3) is 0 Å². The molecule has 3 rings (SSSR count). The number of carbonyl (C=O) groups is 1. The first-order valence-electron chi connectivity index (χ1n) is 7.80. The third-order valence-corrected chi connectivity index (χ3v) is 4.49. The summed E-state index contributed by atoms with van der Waals surface area (Å²) in [5.41, 5.74) is 2.39. The third kappa shape index (κ3) is 2.70. The fourth-order valence-electron chi connectivity index (χ4n) is 3.22. The van der Waals surface area contributed by atoms with Crippen molar-refractivity contribution in [3.63, 3.8) is 0 Å². The lowest BCUT2D eigenvalue weighted by Crippen LogP contribution is -2.41. The summed E-state index contributed by atoms with van der Waals surface area (Å²) in [5, 5.41) is 3.52. The highest BCUT2D eigenvalue weighted by Crippen LogP contribution is 2.32. The van der Waals surface area contributed by atoms with E-state index < -0.39 is 0 Å². The molecular weight excluding hydrogens is 264 g/mol. The minimum absolute atomic E-state index is 0.0304. The van der Waals surface area contributed by atoms with Crippen LogP contribution in [0, 0.1) is 12.8 Å². The minimum Gasteiger partial charge on any atom is -0.379 e. The Kier molecular flexibility index (Phi) is 4.00. The van der Waals surface area contributed by atoms with E-state index in [1.165, 1.54) is 5.56 Å². The predicted molar refractivity (Wildman–Crippen MR) is 81.8 cm³/mol. The Labute approximate surface area is 126 Å². The second-order valence-corrected chi connectivity index (χ2v) is 6.46. The summed E-state index contributed by atoms with van der Waals surface area (Å²) in [4.78, 5) is 14.8. The summed E-state index contributed by atoms with van der Waals surface area (Å²) in [6.07, 6.45) is 0.901. The van der Waals surface area contributed by atoms with E-state index in [0.29, 0.717) is 6.61 Å². The molecule has 0 spiro atoms. The number of carbonyl (C=O) groups excluding carboxylic acids is 1. The Morgan fingerprint density at radius 2 is 2.00 bits per heavy atom. The van der Waals surface area contributed by atoms with Gasteiger partial charge in [-0.15, -0.1) is 0 Å². The number of ether oxygens (including phenoxy) is 1. The Morgan fingerprint density at radius 3 is 2.57 bits per heavy atom. The molecule has 1 N–H and O–H groups in total. The molecule has 4 nitrogen and oxygen atoms in total. The van der Waals surface area contributed by atoms with Gasteiger partial charge in [0.05, 0.1) is 18.7 Å². The zero-order valence-corrected chi connectivity index (χ0v) is 13.0. The summed E-state index contributed by atoms with van der Waals surface area (Å²) in [5.74, 6) is 0.504. The molecule has 0 saturated carbocycles. The molecule has 3 atom stereocenters. The van der Waals surface area contributed by atoms with Crippen molar-refractivity contribution in [2.75, 3.05) is 13.2 Å². The number of benzene rings is 1. The molecule has 2 fully saturated rings. The van der Waals surface area contributed by atoms with Crippen molar-refractivity contribution >= 4 is 5.91 Å². The van der Waals surface area contributed by atoms with Gasteiger partial charge in [-0.1, -0.05) is 43.7 Å². The Hall–Kier alpha value is -1.39. The van der Waals surface area contributed by atoms with Gasteiger partial charge in [0.2, 0.25) is 5.91 Å². The molecule has 3 unspecified atom stereocenters. The summed E-state index contributed by atoms with van der Waals surface area (Å²) >= 11 is 0. The van der Waals surface area contributed by atoms with Crippen LogP contribution in [-0.4, -0.2) is 36.1 Å². The number of rotatable bonds is 3. The van der Waals surface area contributed by atoms with Gasteiger partial charge in [0.15, 0.2) is 0 Å². The first-order valence-corrected chi connectivity index (χ1v) is 7.80. The summed E-state index contributed by atoms with van der Waals surface area (Å²) in [7, 11) is 0. The molecule has 114 valence electrons. The van der Waals surface area contributed by atoms with Crippen molar-refractivity contribution in [2.45, 2.75) is 45.4 Å². The second-order valence-electron chi connectivity index (χ2n) is 6.46. The van der Waals surface area contributed by atoms with Gasteiger partial charge < -0.3 is 9.64 Å². The lowest BCUT2D eigenvalue weighted by molar-refractivity contribution is -0.133. The van der Waals surface area contributed by atoms with E-state index in [1.54, 1.807) is 0 Å². The Bertz CT molecular complexity index is 506. The monoisotopic (exact) mass is 288 g/mol. The van der Waals surface area contributed by atoms with Crippen molar-refractivity contribution in [1.29, 1.82) is 0 Å². The van der Waals surface area contributed by atoms with Gasteiger partial charge in [-0.2, -0.15) is 0 Å². The zero-order chi connectivity index (χ0) is 15.0. The van der Waals surface area contributed by atoms with Gasteiger partial charge in [0, 0.05) is 6.61 Å².